The lowest BCUT2D eigenvalue weighted by molar-refractivity contribution is 0.0531. The van der Waals surface area contributed by atoms with Crippen molar-refractivity contribution in [1.29, 1.82) is 0 Å². The van der Waals surface area contributed by atoms with Crippen molar-refractivity contribution in [3.8, 4) is 5.69 Å². The van der Waals surface area contributed by atoms with Crippen molar-refractivity contribution in [2.24, 2.45) is 0 Å². The van der Waals surface area contributed by atoms with E-state index in [-0.39, 0.29) is 0 Å². The van der Waals surface area contributed by atoms with Gasteiger partial charge in [-0.1, -0.05) is 42.3 Å². The Balaban J connectivity index is 1.98. The second kappa shape index (κ2) is 6.31. The van der Waals surface area contributed by atoms with Crippen molar-refractivity contribution in [3.63, 3.8) is 0 Å². The summed E-state index contributed by atoms with van der Waals surface area (Å²) < 4.78 is 2.20. The summed E-state index contributed by atoms with van der Waals surface area (Å²) in [5, 5.41) is 14.0. The molecular formula is C22H19Cl2NO. The van der Waals surface area contributed by atoms with E-state index in [1.165, 1.54) is 0 Å². The largest absolute Gasteiger partial charge is 0.385 e. The molecule has 0 bridgehead atoms. The zero-order valence-corrected chi connectivity index (χ0v) is 16.1. The van der Waals surface area contributed by atoms with Crippen LogP contribution in [0.25, 0.3) is 27.5 Å². The normalized spacial score (nSPS) is 14.0. The van der Waals surface area contributed by atoms with E-state index < -0.39 is 5.60 Å². The second-order valence-electron chi connectivity index (χ2n) is 6.83. The summed E-state index contributed by atoms with van der Waals surface area (Å²) in [6.45, 7) is 3.82. The summed E-state index contributed by atoms with van der Waals surface area (Å²) in [5.41, 5.74) is 3.27. The lowest BCUT2D eigenvalue weighted by Gasteiger charge is -2.22. The van der Waals surface area contributed by atoms with Gasteiger partial charge in [-0.15, -0.1) is 0 Å². The fraction of sp³-hybridized carbons (Fsp3) is 0.182. The molecule has 4 aromatic rings. The first-order chi connectivity index (χ1) is 12.4. The highest BCUT2D eigenvalue weighted by molar-refractivity contribution is 6.33. The Kier molecular flexibility index (Phi) is 4.23. The third kappa shape index (κ3) is 2.79. The maximum atomic E-state index is 10.5. The number of aromatic nitrogens is 1. The molecule has 0 radical (unpaired) electrons. The van der Waals surface area contributed by atoms with Crippen LogP contribution < -0.4 is 0 Å². The fourth-order valence-corrected chi connectivity index (χ4v) is 3.76. The number of aliphatic hydroxyl groups is 1. The predicted molar refractivity (Wildman–Crippen MR) is 111 cm³/mol. The summed E-state index contributed by atoms with van der Waals surface area (Å²) in [5.74, 6) is 0. The first-order valence-electron chi connectivity index (χ1n) is 8.63. The van der Waals surface area contributed by atoms with E-state index in [1.54, 1.807) is 0 Å². The molecule has 0 fully saturated rings. The SMILES string of the molecule is CCC(C)(O)c1ccc(-n2c3ccc(Cl)cc3c3cc(Cl)ccc32)cc1. The number of nitrogens with zero attached hydrogens (tertiary/aromatic N) is 1. The van der Waals surface area contributed by atoms with E-state index in [0.29, 0.717) is 16.5 Å². The number of fused-ring (bicyclic) bond motifs is 3. The minimum absolute atomic E-state index is 0.665. The Morgan fingerprint density at radius 2 is 1.35 bits per heavy atom. The Labute approximate surface area is 162 Å². The van der Waals surface area contributed by atoms with Crippen LogP contribution in [0.1, 0.15) is 25.8 Å². The molecule has 0 spiro atoms. The van der Waals surface area contributed by atoms with E-state index in [1.807, 2.05) is 74.5 Å². The van der Waals surface area contributed by atoms with Crippen molar-refractivity contribution < 1.29 is 5.11 Å². The third-order valence-corrected chi connectivity index (χ3v) is 5.60. The van der Waals surface area contributed by atoms with Crippen LogP contribution in [0.5, 0.6) is 0 Å². The van der Waals surface area contributed by atoms with Crippen LogP contribution in [-0.2, 0) is 5.60 Å². The van der Waals surface area contributed by atoms with Crippen LogP contribution in [-0.4, -0.2) is 9.67 Å². The zero-order chi connectivity index (χ0) is 18.5. The van der Waals surface area contributed by atoms with Crippen LogP contribution in [0.4, 0.5) is 0 Å². The number of benzene rings is 3. The molecule has 0 amide bonds. The molecule has 0 aliphatic carbocycles. The summed E-state index contributed by atoms with van der Waals surface area (Å²) in [4.78, 5) is 0. The molecule has 1 N–H and O–H groups in total. The van der Waals surface area contributed by atoms with Gasteiger partial charge in [-0.25, -0.2) is 0 Å². The monoisotopic (exact) mass is 383 g/mol. The average molecular weight is 384 g/mol. The summed E-state index contributed by atoms with van der Waals surface area (Å²) in [7, 11) is 0. The van der Waals surface area contributed by atoms with E-state index in [0.717, 1.165) is 33.1 Å². The van der Waals surface area contributed by atoms with Crippen molar-refractivity contribution in [1.82, 2.24) is 4.57 Å². The van der Waals surface area contributed by atoms with Gasteiger partial charge in [-0.2, -0.15) is 0 Å². The van der Waals surface area contributed by atoms with Gasteiger partial charge >= 0.3 is 0 Å². The first-order valence-corrected chi connectivity index (χ1v) is 9.39. The van der Waals surface area contributed by atoms with Gasteiger partial charge in [0.25, 0.3) is 0 Å². The quantitative estimate of drug-likeness (QED) is 0.417. The lowest BCUT2D eigenvalue weighted by Crippen LogP contribution is -2.19. The lowest BCUT2D eigenvalue weighted by atomic mass is 9.93. The second-order valence-corrected chi connectivity index (χ2v) is 7.71. The number of hydrogen-bond donors (Lipinski definition) is 1. The minimum Gasteiger partial charge on any atom is -0.385 e. The molecule has 1 unspecified atom stereocenters. The molecule has 1 atom stereocenters. The fourth-order valence-electron chi connectivity index (χ4n) is 3.42. The van der Waals surface area contributed by atoms with Crippen molar-refractivity contribution in [3.05, 3.63) is 76.3 Å². The van der Waals surface area contributed by atoms with Gasteiger partial charge in [0.1, 0.15) is 0 Å². The molecule has 2 nitrogen and oxygen atoms in total. The minimum atomic E-state index is -0.819. The molecule has 0 saturated heterocycles. The van der Waals surface area contributed by atoms with Gasteiger partial charge in [-0.05, 0) is 67.4 Å². The van der Waals surface area contributed by atoms with Crippen LogP contribution in [0.3, 0.4) is 0 Å². The van der Waals surface area contributed by atoms with Gasteiger partial charge in [0.15, 0.2) is 0 Å². The molecule has 4 rings (SSSR count). The molecule has 0 aliphatic rings. The third-order valence-electron chi connectivity index (χ3n) is 5.13. The smallest absolute Gasteiger partial charge is 0.0865 e. The molecule has 132 valence electrons. The highest BCUT2D eigenvalue weighted by Crippen LogP contribution is 2.35. The molecular weight excluding hydrogens is 365 g/mol. The van der Waals surface area contributed by atoms with Crippen LogP contribution in [0, 0.1) is 0 Å². The summed E-state index contributed by atoms with van der Waals surface area (Å²) in [6, 6.07) is 19.9. The van der Waals surface area contributed by atoms with E-state index in [2.05, 4.69) is 4.57 Å². The molecule has 26 heavy (non-hydrogen) atoms. The zero-order valence-electron chi connectivity index (χ0n) is 14.6. The molecule has 0 aliphatic heterocycles. The molecule has 3 aromatic carbocycles. The topological polar surface area (TPSA) is 25.2 Å². The van der Waals surface area contributed by atoms with E-state index >= 15 is 0 Å². The van der Waals surface area contributed by atoms with Gasteiger partial charge in [0.05, 0.1) is 16.6 Å². The molecule has 1 heterocycles. The van der Waals surface area contributed by atoms with Crippen molar-refractivity contribution >= 4 is 45.0 Å². The first kappa shape index (κ1) is 17.4. The van der Waals surface area contributed by atoms with E-state index in [4.69, 9.17) is 23.2 Å². The average Bonchev–Trinajstić information content (AvgIpc) is 2.95. The summed E-state index contributed by atoms with van der Waals surface area (Å²) in [6.07, 6.45) is 0.665. The highest BCUT2D eigenvalue weighted by atomic mass is 35.5. The number of hydrogen-bond acceptors (Lipinski definition) is 1. The number of rotatable bonds is 3. The molecule has 1 aromatic heterocycles. The van der Waals surface area contributed by atoms with Crippen molar-refractivity contribution in [2.45, 2.75) is 25.9 Å². The Morgan fingerprint density at radius 1 is 0.846 bits per heavy atom. The van der Waals surface area contributed by atoms with Crippen LogP contribution in [0.2, 0.25) is 10.0 Å². The molecule has 4 heteroatoms. The Hall–Kier alpha value is -2.00. The molecule has 0 saturated carbocycles. The van der Waals surface area contributed by atoms with Gasteiger partial charge in [0.2, 0.25) is 0 Å². The standard InChI is InChI=1S/C22H19Cl2NO/c1-3-22(2,26)14-4-8-17(9-5-14)25-20-10-6-15(23)12-18(20)19-13-16(24)7-11-21(19)25/h4-13,26H,3H2,1-2H3. The maximum Gasteiger partial charge on any atom is 0.0865 e. The Morgan fingerprint density at radius 3 is 1.81 bits per heavy atom. The van der Waals surface area contributed by atoms with Gasteiger partial charge < -0.3 is 9.67 Å². The number of halogens is 2. The highest BCUT2D eigenvalue weighted by Gasteiger charge is 2.20. The van der Waals surface area contributed by atoms with Gasteiger partial charge in [0, 0.05) is 26.5 Å². The maximum absolute atomic E-state index is 10.5. The summed E-state index contributed by atoms with van der Waals surface area (Å²) >= 11 is 12.5. The van der Waals surface area contributed by atoms with Crippen LogP contribution >= 0.6 is 23.2 Å². The predicted octanol–water partition coefficient (Wildman–Crippen LogP) is 6.71. The van der Waals surface area contributed by atoms with Crippen molar-refractivity contribution in [2.75, 3.05) is 0 Å². The Bertz CT molecular complexity index is 1050. The van der Waals surface area contributed by atoms with E-state index in [9.17, 15) is 5.11 Å². The van der Waals surface area contributed by atoms with Gasteiger partial charge in [-0.3, -0.25) is 0 Å². The van der Waals surface area contributed by atoms with Crippen LogP contribution in [0.15, 0.2) is 60.7 Å².